The van der Waals surface area contributed by atoms with Crippen LogP contribution in [0.1, 0.15) is 23.0 Å². The van der Waals surface area contributed by atoms with Gasteiger partial charge in [0.2, 0.25) is 6.86 Å². The number of amidine groups is 1. The zero-order valence-corrected chi connectivity index (χ0v) is 18.4. The second-order valence-corrected chi connectivity index (χ2v) is 9.97. The number of amides is 1. The van der Waals surface area contributed by atoms with Gasteiger partial charge in [-0.05, 0) is 44.3 Å². The van der Waals surface area contributed by atoms with Crippen LogP contribution >= 0.6 is 0 Å². The standard InChI is InChI=1S/C21H23F2N5O3S/c1-20(11-32(30)21(19(24)27-20)9-28(2)10-21)15-7-13(3-5-16(15)23)26-18(29)17-6-4-14(8-25-17)31-12-22/h3-8H,9-12H2,1-2H3,(H2,24,27)(H,26,29)/t20-,32?/m0/s1. The van der Waals surface area contributed by atoms with E-state index in [1.54, 1.807) is 6.92 Å². The lowest BCUT2D eigenvalue weighted by atomic mass is 9.91. The lowest BCUT2D eigenvalue weighted by Crippen LogP contribution is -2.71. The third-order valence-electron chi connectivity index (χ3n) is 5.73. The van der Waals surface area contributed by atoms with E-state index in [4.69, 9.17) is 5.73 Å². The number of pyridine rings is 1. The minimum Gasteiger partial charge on any atom is -0.461 e. The van der Waals surface area contributed by atoms with Crippen molar-refractivity contribution in [2.75, 3.05) is 38.1 Å². The van der Waals surface area contributed by atoms with E-state index >= 15 is 0 Å². The van der Waals surface area contributed by atoms with Gasteiger partial charge >= 0.3 is 0 Å². The number of likely N-dealkylation sites (tertiary alicyclic amines) is 1. The molecule has 1 saturated heterocycles. The summed E-state index contributed by atoms with van der Waals surface area (Å²) in [5.41, 5.74) is 5.66. The van der Waals surface area contributed by atoms with Crippen LogP contribution in [0.4, 0.5) is 14.5 Å². The van der Waals surface area contributed by atoms with Crippen molar-refractivity contribution in [3.05, 3.63) is 53.6 Å². The highest BCUT2D eigenvalue weighted by Gasteiger charge is 2.55. The highest BCUT2D eigenvalue weighted by Crippen LogP contribution is 2.40. The van der Waals surface area contributed by atoms with Crippen LogP contribution in [0.15, 0.2) is 41.5 Å². The Kier molecular flexibility index (Phi) is 5.72. The maximum absolute atomic E-state index is 14.8. The third kappa shape index (κ3) is 3.86. The monoisotopic (exact) mass is 463 g/mol. The summed E-state index contributed by atoms with van der Waals surface area (Å²) in [5, 5.41) is 2.66. The Bertz CT molecular complexity index is 1110. The molecule has 3 N–H and O–H groups in total. The topological polar surface area (TPSA) is 110 Å². The number of carbonyl (C=O) groups is 1. The first kappa shape index (κ1) is 22.3. The van der Waals surface area contributed by atoms with Crippen LogP contribution in [-0.2, 0) is 16.3 Å². The van der Waals surface area contributed by atoms with E-state index in [1.807, 2.05) is 11.9 Å². The molecule has 1 amide bonds. The van der Waals surface area contributed by atoms with E-state index in [9.17, 15) is 17.8 Å². The van der Waals surface area contributed by atoms with Crippen LogP contribution in [0, 0.1) is 5.82 Å². The number of anilines is 1. The highest BCUT2D eigenvalue weighted by atomic mass is 32.2. The fourth-order valence-corrected chi connectivity index (χ4v) is 6.07. The minimum atomic E-state index is -1.34. The van der Waals surface area contributed by atoms with Crippen molar-refractivity contribution >= 4 is 28.2 Å². The molecular formula is C21H23F2N5O3S. The zero-order valence-electron chi connectivity index (χ0n) is 17.6. The summed E-state index contributed by atoms with van der Waals surface area (Å²) in [4.78, 5) is 23.0. The lowest BCUT2D eigenvalue weighted by molar-refractivity contribution is 0.102. The van der Waals surface area contributed by atoms with Crippen LogP contribution in [0.3, 0.4) is 0 Å². The Morgan fingerprint density at radius 3 is 2.69 bits per heavy atom. The van der Waals surface area contributed by atoms with E-state index in [-0.39, 0.29) is 28.6 Å². The largest absolute Gasteiger partial charge is 0.461 e. The molecule has 2 aliphatic heterocycles. The molecule has 0 radical (unpaired) electrons. The molecule has 2 atom stereocenters. The van der Waals surface area contributed by atoms with Crippen molar-refractivity contribution in [2.45, 2.75) is 17.2 Å². The number of aliphatic imine (C=N–C) groups is 1. The number of nitrogens with one attached hydrogen (secondary N) is 1. The van der Waals surface area contributed by atoms with Crippen molar-refractivity contribution in [3.8, 4) is 5.75 Å². The third-order valence-corrected chi connectivity index (χ3v) is 7.89. The van der Waals surface area contributed by atoms with Crippen molar-refractivity contribution in [2.24, 2.45) is 10.7 Å². The fourth-order valence-electron chi connectivity index (χ4n) is 4.05. The summed E-state index contributed by atoms with van der Waals surface area (Å²) in [5.74, 6) is -0.501. The second-order valence-electron chi connectivity index (χ2n) is 8.21. The number of nitrogens with zero attached hydrogens (tertiary/aromatic N) is 3. The van der Waals surface area contributed by atoms with Gasteiger partial charge in [-0.25, -0.2) is 13.8 Å². The lowest BCUT2D eigenvalue weighted by Gasteiger charge is -2.51. The van der Waals surface area contributed by atoms with Gasteiger partial charge in [0, 0.05) is 35.1 Å². The van der Waals surface area contributed by atoms with Crippen molar-refractivity contribution in [1.82, 2.24) is 9.88 Å². The summed E-state index contributed by atoms with van der Waals surface area (Å²) < 4.78 is 44.1. The van der Waals surface area contributed by atoms with E-state index < -0.39 is 39.7 Å². The number of nitrogens with two attached hydrogens (primary N) is 1. The van der Waals surface area contributed by atoms with Crippen LogP contribution in [-0.4, -0.2) is 63.3 Å². The number of benzene rings is 1. The molecule has 4 rings (SSSR count). The molecule has 0 aliphatic carbocycles. The van der Waals surface area contributed by atoms with Crippen molar-refractivity contribution in [1.29, 1.82) is 0 Å². The Morgan fingerprint density at radius 2 is 2.09 bits per heavy atom. The molecule has 1 aromatic carbocycles. The van der Waals surface area contributed by atoms with E-state index in [0.29, 0.717) is 18.8 Å². The molecule has 3 heterocycles. The molecule has 8 nitrogen and oxygen atoms in total. The molecule has 11 heteroatoms. The molecule has 1 spiro atoms. The number of rotatable bonds is 5. The number of ether oxygens (including phenoxy) is 1. The van der Waals surface area contributed by atoms with Crippen molar-refractivity contribution in [3.63, 3.8) is 0 Å². The van der Waals surface area contributed by atoms with Gasteiger partial charge in [0.25, 0.3) is 5.91 Å². The molecule has 170 valence electrons. The Labute approximate surface area is 186 Å². The van der Waals surface area contributed by atoms with Gasteiger partial charge in [0.1, 0.15) is 27.8 Å². The molecule has 2 aliphatic rings. The maximum Gasteiger partial charge on any atom is 0.274 e. The van der Waals surface area contributed by atoms with E-state index in [0.717, 1.165) is 0 Å². The van der Waals surface area contributed by atoms with Gasteiger partial charge in [-0.15, -0.1) is 0 Å². The maximum atomic E-state index is 14.8. The normalized spacial score (nSPS) is 24.5. The molecule has 0 bridgehead atoms. The summed E-state index contributed by atoms with van der Waals surface area (Å²) in [6.07, 6.45) is 1.23. The number of hydrogen-bond acceptors (Lipinski definition) is 7. The summed E-state index contributed by atoms with van der Waals surface area (Å²) >= 11 is 0. The fraction of sp³-hybridized carbons (Fsp3) is 0.381. The highest BCUT2D eigenvalue weighted by molar-refractivity contribution is 7.87. The van der Waals surface area contributed by atoms with Crippen LogP contribution in [0.25, 0.3) is 0 Å². The smallest absolute Gasteiger partial charge is 0.274 e. The number of halogens is 2. The van der Waals surface area contributed by atoms with Gasteiger partial charge < -0.3 is 20.7 Å². The number of alkyl halides is 1. The van der Waals surface area contributed by atoms with Crippen LogP contribution < -0.4 is 15.8 Å². The number of carbonyl (C=O) groups excluding carboxylic acids is 1. The minimum absolute atomic E-state index is 0.0744. The first-order chi connectivity index (χ1) is 15.2. The number of aromatic nitrogens is 1. The van der Waals surface area contributed by atoms with Crippen LogP contribution in [0.2, 0.25) is 0 Å². The molecule has 2 aromatic rings. The molecular weight excluding hydrogens is 440 g/mol. The van der Waals surface area contributed by atoms with Gasteiger partial charge in [-0.3, -0.25) is 14.0 Å². The number of hydrogen-bond donors (Lipinski definition) is 2. The Balaban J connectivity index is 1.58. The second kappa shape index (κ2) is 8.21. The van der Waals surface area contributed by atoms with Gasteiger partial charge in [-0.2, -0.15) is 0 Å². The first-order valence-corrected chi connectivity index (χ1v) is 11.2. The Hall–Kier alpha value is -2.92. The predicted molar refractivity (Wildman–Crippen MR) is 117 cm³/mol. The SMILES string of the molecule is CN1CC2(C1)C(N)=N[C@](C)(c1cc(NC(=O)c3ccc(OCF)cn3)ccc1F)CS2=O. The van der Waals surface area contributed by atoms with E-state index in [2.05, 4.69) is 20.0 Å². The molecule has 1 unspecified atom stereocenters. The van der Waals surface area contributed by atoms with Gasteiger partial charge in [-0.1, -0.05) is 0 Å². The zero-order chi connectivity index (χ0) is 23.1. The molecule has 0 saturated carbocycles. The van der Waals surface area contributed by atoms with Crippen molar-refractivity contribution < 1.29 is 22.5 Å². The van der Waals surface area contributed by atoms with Gasteiger partial charge in [0.15, 0.2) is 0 Å². The summed E-state index contributed by atoms with van der Waals surface area (Å²) in [6, 6.07) is 6.90. The van der Waals surface area contributed by atoms with Crippen LogP contribution in [0.5, 0.6) is 5.75 Å². The average Bonchev–Trinajstić information content (AvgIpc) is 2.72. The molecule has 1 aromatic heterocycles. The average molecular weight is 464 g/mol. The molecule has 1 fully saturated rings. The first-order valence-electron chi connectivity index (χ1n) is 9.86. The predicted octanol–water partition coefficient (Wildman–Crippen LogP) is 1.80. The Morgan fingerprint density at radius 1 is 1.34 bits per heavy atom. The van der Waals surface area contributed by atoms with E-state index in [1.165, 1.54) is 36.5 Å². The molecule has 32 heavy (non-hydrogen) atoms. The van der Waals surface area contributed by atoms with Gasteiger partial charge in [0.05, 0.1) is 17.5 Å². The summed E-state index contributed by atoms with van der Waals surface area (Å²) in [6.45, 7) is 1.78. The quantitative estimate of drug-likeness (QED) is 0.700. The summed E-state index contributed by atoms with van der Waals surface area (Å²) in [7, 11) is 0.572.